The molecule has 0 atom stereocenters. The van der Waals surface area contributed by atoms with Crippen LogP contribution in [-0.4, -0.2) is 10.7 Å². The molecule has 0 amide bonds. The standard InChI is InChI=1S/C20H32O/c1-2-3-10-18-11-9-12-19(17-18)13-16-20(21)14-7-5-4-6-8-15-20/h9,11-12,17,21H,2-8,10,13-16H2,1H3. The third-order valence-corrected chi connectivity index (χ3v) is 4.97. The Morgan fingerprint density at radius 3 is 2.24 bits per heavy atom. The molecule has 1 aliphatic rings. The van der Waals surface area contributed by atoms with Crippen LogP contribution in [0.4, 0.5) is 0 Å². The minimum atomic E-state index is -0.403. The van der Waals surface area contributed by atoms with Crippen molar-refractivity contribution in [2.75, 3.05) is 0 Å². The maximum absolute atomic E-state index is 10.8. The van der Waals surface area contributed by atoms with Gasteiger partial charge in [0.15, 0.2) is 0 Å². The predicted molar refractivity (Wildman–Crippen MR) is 90.6 cm³/mol. The van der Waals surface area contributed by atoms with Gasteiger partial charge in [-0.25, -0.2) is 0 Å². The molecule has 118 valence electrons. The first-order valence-corrected chi connectivity index (χ1v) is 9.02. The molecule has 0 unspecified atom stereocenters. The number of aliphatic hydroxyl groups is 1. The van der Waals surface area contributed by atoms with Gasteiger partial charge in [0.05, 0.1) is 5.60 Å². The van der Waals surface area contributed by atoms with Gasteiger partial charge < -0.3 is 5.11 Å². The van der Waals surface area contributed by atoms with Gasteiger partial charge in [0, 0.05) is 0 Å². The largest absolute Gasteiger partial charge is 0.390 e. The van der Waals surface area contributed by atoms with Crippen molar-refractivity contribution in [1.29, 1.82) is 0 Å². The van der Waals surface area contributed by atoms with Gasteiger partial charge in [-0.1, -0.05) is 69.7 Å². The highest BCUT2D eigenvalue weighted by atomic mass is 16.3. The van der Waals surface area contributed by atoms with E-state index >= 15 is 0 Å². The van der Waals surface area contributed by atoms with Crippen LogP contribution >= 0.6 is 0 Å². The van der Waals surface area contributed by atoms with E-state index in [0.29, 0.717) is 0 Å². The summed E-state index contributed by atoms with van der Waals surface area (Å²) >= 11 is 0. The molecule has 2 rings (SSSR count). The van der Waals surface area contributed by atoms with E-state index in [1.54, 1.807) is 0 Å². The highest BCUT2D eigenvalue weighted by molar-refractivity contribution is 5.24. The lowest BCUT2D eigenvalue weighted by Gasteiger charge is -2.30. The van der Waals surface area contributed by atoms with Gasteiger partial charge in [0.1, 0.15) is 0 Å². The first kappa shape index (κ1) is 16.5. The van der Waals surface area contributed by atoms with Crippen LogP contribution in [0, 0.1) is 0 Å². The van der Waals surface area contributed by atoms with Crippen LogP contribution < -0.4 is 0 Å². The summed E-state index contributed by atoms with van der Waals surface area (Å²) in [5, 5.41) is 10.8. The highest BCUT2D eigenvalue weighted by Crippen LogP contribution is 2.30. The molecule has 0 saturated heterocycles. The summed E-state index contributed by atoms with van der Waals surface area (Å²) in [6, 6.07) is 9.00. The minimum Gasteiger partial charge on any atom is -0.390 e. The summed E-state index contributed by atoms with van der Waals surface area (Å²) in [7, 11) is 0. The molecule has 1 aliphatic carbocycles. The molecular weight excluding hydrogens is 256 g/mol. The Morgan fingerprint density at radius 1 is 0.952 bits per heavy atom. The van der Waals surface area contributed by atoms with Crippen LogP contribution in [0.3, 0.4) is 0 Å². The molecule has 0 spiro atoms. The van der Waals surface area contributed by atoms with E-state index in [1.165, 1.54) is 62.5 Å². The molecule has 1 aromatic carbocycles. The maximum atomic E-state index is 10.8. The number of benzene rings is 1. The SMILES string of the molecule is CCCCc1cccc(CCC2(O)CCCCCCC2)c1. The number of hydrogen-bond acceptors (Lipinski definition) is 1. The van der Waals surface area contributed by atoms with E-state index in [2.05, 4.69) is 31.2 Å². The summed E-state index contributed by atoms with van der Waals surface area (Å²) in [5.41, 5.74) is 2.46. The van der Waals surface area contributed by atoms with Crippen molar-refractivity contribution in [3.8, 4) is 0 Å². The lowest BCUT2D eigenvalue weighted by Crippen LogP contribution is -2.30. The van der Waals surface area contributed by atoms with Crippen molar-refractivity contribution in [3.05, 3.63) is 35.4 Å². The lowest BCUT2D eigenvalue weighted by molar-refractivity contribution is 0.00628. The molecule has 1 saturated carbocycles. The number of unbranched alkanes of at least 4 members (excludes halogenated alkanes) is 1. The fourth-order valence-corrected chi connectivity index (χ4v) is 3.51. The first-order valence-electron chi connectivity index (χ1n) is 9.02. The second-order valence-electron chi connectivity index (χ2n) is 6.92. The number of rotatable bonds is 6. The molecule has 1 aromatic rings. The predicted octanol–water partition coefficient (Wildman–Crippen LogP) is 5.44. The number of hydrogen-bond donors (Lipinski definition) is 1. The summed E-state index contributed by atoms with van der Waals surface area (Å²) in [5.74, 6) is 0. The highest BCUT2D eigenvalue weighted by Gasteiger charge is 2.26. The molecule has 21 heavy (non-hydrogen) atoms. The Kier molecular flexibility index (Phi) is 6.76. The Bertz CT molecular complexity index is 402. The van der Waals surface area contributed by atoms with E-state index in [9.17, 15) is 5.11 Å². The maximum Gasteiger partial charge on any atom is 0.0651 e. The van der Waals surface area contributed by atoms with Crippen molar-refractivity contribution in [3.63, 3.8) is 0 Å². The third kappa shape index (κ3) is 5.82. The Labute approximate surface area is 130 Å². The summed E-state index contributed by atoms with van der Waals surface area (Å²) < 4.78 is 0. The van der Waals surface area contributed by atoms with E-state index in [1.807, 2.05) is 0 Å². The molecule has 0 radical (unpaired) electrons. The van der Waals surface area contributed by atoms with Crippen molar-refractivity contribution in [1.82, 2.24) is 0 Å². The second-order valence-corrected chi connectivity index (χ2v) is 6.92. The number of aryl methyl sites for hydroxylation is 2. The quantitative estimate of drug-likeness (QED) is 0.739. The normalized spacial score (nSPS) is 19.0. The van der Waals surface area contributed by atoms with Gasteiger partial charge in [-0.2, -0.15) is 0 Å². The van der Waals surface area contributed by atoms with Crippen LogP contribution in [0.2, 0.25) is 0 Å². The van der Waals surface area contributed by atoms with Gasteiger partial charge in [-0.05, 0) is 49.7 Å². The molecule has 1 N–H and O–H groups in total. The zero-order chi connectivity index (χ0) is 15.0. The molecular formula is C20H32O. The molecule has 1 heteroatoms. The molecule has 0 aromatic heterocycles. The average molecular weight is 288 g/mol. The van der Waals surface area contributed by atoms with Crippen molar-refractivity contribution in [2.24, 2.45) is 0 Å². The second kappa shape index (κ2) is 8.58. The van der Waals surface area contributed by atoms with Crippen molar-refractivity contribution < 1.29 is 5.11 Å². The van der Waals surface area contributed by atoms with E-state index in [-0.39, 0.29) is 0 Å². The zero-order valence-electron chi connectivity index (χ0n) is 13.7. The van der Waals surface area contributed by atoms with Gasteiger partial charge >= 0.3 is 0 Å². The van der Waals surface area contributed by atoms with Gasteiger partial charge in [0.2, 0.25) is 0 Å². The van der Waals surface area contributed by atoms with Crippen LogP contribution in [0.1, 0.15) is 82.3 Å². The third-order valence-electron chi connectivity index (χ3n) is 4.97. The first-order chi connectivity index (χ1) is 10.2. The lowest BCUT2D eigenvalue weighted by atomic mass is 9.83. The monoisotopic (exact) mass is 288 g/mol. The van der Waals surface area contributed by atoms with E-state index < -0.39 is 5.60 Å². The Hall–Kier alpha value is -0.820. The molecule has 0 heterocycles. The van der Waals surface area contributed by atoms with E-state index in [4.69, 9.17) is 0 Å². The average Bonchev–Trinajstić information content (AvgIpc) is 2.48. The smallest absolute Gasteiger partial charge is 0.0651 e. The molecule has 1 nitrogen and oxygen atoms in total. The Balaban J connectivity index is 1.88. The van der Waals surface area contributed by atoms with E-state index in [0.717, 1.165) is 25.7 Å². The van der Waals surface area contributed by atoms with Crippen molar-refractivity contribution in [2.45, 2.75) is 89.6 Å². The van der Waals surface area contributed by atoms with Crippen LogP contribution in [-0.2, 0) is 12.8 Å². The minimum absolute atomic E-state index is 0.403. The zero-order valence-corrected chi connectivity index (χ0v) is 13.7. The van der Waals surface area contributed by atoms with Gasteiger partial charge in [-0.3, -0.25) is 0 Å². The van der Waals surface area contributed by atoms with Gasteiger partial charge in [-0.15, -0.1) is 0 Å². The fraction of sp³-hybridized carbons (Fsp3) is 0.700. The molecule has 0 aliphatic heterocycles. The summed E-state index contributed by atoms with van der Waals surface area (Å²) in [6.07, 6.45) is 14.0. The summed E-state index contributed by atoms with van der Waals surface area (Å²) in [6.45, 7) is 2.24. The van der Waals surface area contributed by atoms with Crippen molar-refractivity contribution >= 4 is 0 Å². The topological polar surface area (TPSA) is 20.2 Å². The van der Waals surface area contributed by atoms with Crippen LogP contribution in [0.15, 0.2) is 24.3 Å². The van der Waals surface area contributed by atoms with Crippen LogP contribution in [0.25, 0.3) is 0 Å². The Morgan fingerprint density at radius 2 is 1.57 bits per heavy atom. The van der Waals surface area contributed by atoms with Gasteiger partial charge in [0.25, 0.3) is 0 Å². The fourth-order valence-electron chi connectivity index (χ4n) is 3.51. The van der Waals surface area contributed by atoms with Crippen LogP contribution in [0.5, 0.6) is 0 Å². The molecule has 0 bridgehead atoms. The molecule has 1 fully saturated rings. The summed E-state index contributed by atoms with van der Waals surface area (Å²) in [4.78, 5) is 0.